The molecular formula is C14H25N5OS. The van der Waals surface area contributed by atoms with Crippen molar-refractivity contribution >= 4 is 28.2 Å². The van der Waals surface area contributed by atoms with Crippen molar-refractivity contribution in [1.82, 2.24) is 15.2 Å². The summed E-state index contributed by atoms with van der Waals surface area (Å²) in [5.74, 6) is 0.832. The fourth-order valence-corrected chi connectivity index (χ4v) is 3.25. The standard InChI is InChI=1S/C14H25N5OS/c1-9(2)8-17-14-18-12(15)11(21-14)13(20)19(3)10-4-6-16-7-5-10/h9-10,16H,4-8,15H2,1-3H3,(H,17,18). The van der Waals surface area contributed by atoms with Crippen molar-refractivity contribution in [1.29, 1.82) is 0 Å². The van der Waals surface area contributed by atoms with E-state index in [1.54, 1.807) is 0 Å². The van der Waals surface area contributed by atoms with Crippen LogP contribution in [0.4, 0.5) is 10.9 Å². The third-order valence-corrected chi connectivity index (χ3v) is 4.70. The highest BCUT2D eigenvalue weighted by molar-refractivity contribution is 7.18. The molecule has 4 N–H and O–H groups in total. The lowest BCUT2D eigenvalue weighted by Gasteiger charge is -2.31. The van der Waals surface area contributed by atoms with Crippen LogP contribution in [0.5, 0.6) is 0 Å². The largest absolute Gasteiger partial charge is 0.382 e. The topological polar surface area (TPSA) is 83.3 Å². The third-order valence-electron chi connectivity index (χ3n) is 3.69. The Kier molecular flexibility index (Phi) is 5.41. The molecule has 0 aliphatic carbocycles. The van der Waals surface area contributed by atoms with Crippen molar-refractivity contribution in [3.63, 3.8) is 0 Å². The highest BCUT2D eigenvalue weighted by Crippen LogP contribution is 2.27. The van der Waals surface area contributed by atoms with Crippen LogP contribution in [-0.4, -0.2) is 48.5 Å². The van der Waals surface area contributed by atoms with Gasteiger partial charge in [0, 0.05) is 19.6 Å². The third kappa shape index (κ3) is 4.07. The summed E-state index contributed by atoms with van der Waals surface area (Å²) >= 11 is 1.35. The number of nitrogens with one attached hydrogen (secondary N) is 2. The number of carbonyl (C=O) groups excluding carboxylic acids is 1. The number of anilines is 2. The predicted molar refractivity (Wildman–Crippen MR) is 87.8 cm³/mol. The van der Waals surface area contributed by atoms with Gasteiger partial charge in [0.05, 0.1) is 0 Å². The number of nitrogens with zero attached hydrogens (tertiary/aromatic N) is 2. The second-order valence-corrected chi connectivity index (χ2v) is 6.90. The van der Waals surface area contributed by atoms with Gasteiger partial charge in [-0.25, -0.2) is 4.98 Å². The number of hydrogen-bond acceptors (Lipinski definition) is 6. The average Bonchev–Trinajstić information content (AvgIpc) is 2.85. The first-order valence-corrected chi connectivity index (χ1v) is 8.28. The van der Waals surface area contributed by atoms with Crippen LogP contribution in [0.15, 0.2) is 0 Å². The summed E-state index contributed by atoms with van der Waals surface area (Å²) in [6.07, 6.45) is 1.97. The Morgan fingerprint density at radius 3 is 2.81 bits per heavy atom. The normalized spacial score (nSPS) is 16.2. The Balaban J connectivity index is 2.04. The number of amides is 1. The first kappa shape index (κ1) is 16.0. The molecule has 2 rings (SSSR count). The van der Waals surface area contributed by atoms with E-state index < -0.39 is 0 Å². The van der Waals surface area contributed by atoms with Gasteiger partial charge >= 0.3 is 0 Å². The number of rotatable bonds is 5. The van der Waals surface area contributed by atoms with Gasteiger partial charge in [-0.2, -0.15) is 0 Å². The van der Waals surface area contributed by atoms with E-state index in [1.165, 1.54) is 11.3 Å². The molecule has 1 aromatic rings. The van der Waals surface area contributed by atoms with Crippen LogP contribution in [0.2, 0.25) is 0 Å². The Morgan fingerprint density at radius 1 is 1.52 bits per heavy atom. The molecule has 0 atom stereocenters. The first-order valence-electron chi connectivity index (χ1n) is 7.47. The van der Waals surface area contributed by atoms with E-state index in [9.17, 15) is 4.79 Å². The number of piperidine rings is 1. The molecule has 1 amide bonds. The molecule has 118 valence electrons. The summed E-state index contributed by atoms with van der Waals surface area (Å²) in [7, 11) is 1.86. The molecule has 2 heterocycles. The van der Waals surface area contributed by atoms with Crippen LogP contribution in [0, 0.1) is 5.92 Å². The van der Waals surface area contributed by atoms with Gasteiger partial charge in [0.15, 0.2) is 5.13 Å². The van der Waals surface area contributed by atoms with E-state index in [0.29, 0.717) is 16.6 Å². The van der Waals surface area contributed by atoms with Crippen molar-refractivity contribution in [3.8, 4) is 0 Å². The summed E-state index contributed by atoms with van der Waals surface area (Å²) in [5.41, 5.74) is 5.92. The summed E-state index contributed by atoms with van der Waals surface area (Å²) in [6.45, 7) is 7.00. The number of aromatic nitrogens is 1. The lowest BCUT2D eigenvalue weighted by Crippen LogP contribution is -2.43. The maximum Gasteiger partial charge on any atom is 0.267 e. The summed E-state index contributed by atoms with van der Waals surface area (Å²) in [5, 5.41) is 7.26. The minimum atomic E-state index is -0.0190. The number of thiazole rings is 1. The van der Waals surface area contributed by atoms with Crippen LogP contribution in [0.25, 0.3) is 0 Å². The molecule has 1 aliphatic heterocycles. The maximum absolute atomic E-state index is 12.6. The summed E-state index contributed by atoms with van der Waals surface area (Å²) in [4.78, 5) is 19.2. The van der Waals surface area contributed by atoms with Gasteiger partial charge in [-0.3, -0.25) is 4.79 Å². The zero-order valence-corrected chi connectivity index (χ0v) is 13.8. The predicted octanol–water partition coefficient (Wildman–Crippen LogP) is 1.62. The lowest BCUT2D eigenvalue weighted by atomic mass is 10.1. The molecule has 1 fully saturated rings. The molecule has 0 radical (unpaired) electrons. The Bertz CT molecular complexity index is 482. The van der Waals surface area contributed by atoms with Crippen LogP contribution in [0.3, 0.4) is 0 Å². The minimum Gasteiger partial charge on any atom is -0.382 e. The number of nitrogen functional groups attached to an aromatic ring is 1. The number of nitrogens with two attached hydrogens (primary N) is 1. The van der Waals surface area contributed by atoms with Gasteiger partial charge in [-0.15, -0.1) is 0 Å². The fraction of sp³-hybridized carbons (Fsp3) is 0.714. The smallest absolute Gasteiger partial charge is 0.267 e. The molecule has 0 saturated carbocycles. The van der Waals surface area contributed by atoms with Gasteiger partial charge in [0.25, 0.3) is 5.91 Å². The molecule has 1 aromatic heterocycles. The van der Waals surface area contributed by atoms with Gasteiger partial charge in [0.2, 0.25) is 0 Å². The van der Waals surface area contributed by atoms with E-state index in [-0.39, 0.29) is 11.9 Å². The fourth-order valence-electron chi connectivity index (χ4n) is 2.37. The van der Waals surface area contributed by atoms with Crippen molar-refractivity contribution in [2.24, 2.45) is 5.92 Å². The second-order valence-electron chi connectivity index (χ2n) is 5.91. The molecule has 0 aromatic carbocycles. The van der Waals surface area contributed by atoms with Gasteiger partial charge in [-0.05, 0) is 31.8 Å². The van der Waals surface area contributed by atoms with E-state index in [4.69, 9.17) is 5.73 Å². The molecule has 0 bridgehead atoms. The molecule has 6 nitrogen and oxygen atoms in total. The van der Waals surface area contributed by atoms with Crippen LogP contribution < -0.4 is 16.4 Å². The van der Waals surface area contributed by atoms with Gasteiger partial charge < -0.3 is 21.3 Å². The summed E-state index contributed by atoms with van der Waals surface area (Å²) < 4.78 is 0. The van der Waals surface area contributed by atoms with Crippen molar-refractivity contribution in [2.75, 3.05) is 37.7 Å². The Hall–Kier alpha value is -1.34. The monoisotopic (exact) mass is 311 g/mol. The van der Waals surface area contributed by atoms with Crippen molar-refractivity contribution in [2.45, 2.75) is 32.7 Å². The maximum atomic E-state index is 12.6. The van der Waals surface area contributed by atoms with Gasteiger partial charge in [-0.1, -0.05) is 25.2 Å². The van der Waals surface area contributed by atoms with E-state index >= 15 is 0 Å². The van der Waals surface area contributed by atoms with Crippen LogP contribution >= 0.6 is 11.3 Å². The SMILES string of the molecule is CC(C)CNc1nc(N)c(C(=O)N(C)C2CCNCC2)s1. The average molecular weight is 311 g/mol. The van der Waals surface area contributed by atoms with Crippen LogP contribution in [0.1, 0.15) is 36.4 Å². The Labute approximate surface area is 130 Å². The highest BCUT2D eigenvalue weighted by atomic mass is 32.1. The quantitative estimate of drug-likeness (QED) is 0.769. The zero-order valence-electron chi connectivity index (χ0n) is 13.0. The molecule has 7 heteroatoms. The number of hydrogen-bond donors (Lipinski definition) is 3. The molecule has 21 heavy (non-hydrogen) atoms. The van der Waals surface area contributed by atoms with Crippen molar-refractivity contribution in [3.05, 3.63) is 4.88 Å². The second kappa shape index (κ2) is 7.09. The van der Waals surface area contributed by atoms with E-state index in [2.05, 4.69) is 29.5 Å². The highest BCUT2D eigenvalue weighted by Gasteiger charge is 2.26. The van der Waals surface area contributed by atoms with Gasteiger partial charge in [0.1, 0.15) is 10.7 Å². The zero-order chi connectivity index (χ0) is 15.4. The molecular weight excluding hydrogens is 286 g/mol. The lowest BCUT2D eigenvalue weighted by molar-refractivity contribution is 0.0709. The van der Waals surface area contributed by atoms with Crippen LogP contribution in [-0.2, 0) is 0 Å². The van der Waals surface area contributed by atoms with Crippen molar-refractivity contribution < 1.29 is 4.79 Å². The Morgan fingerprint density at radius 2 is 2.19 bits per heavy atom. The molecule has 0 spiro atoms. The summed E-state index contributed by atoms with van der Waals surface area (Å²) in [6, 6.07) is 0.285. The first-order chi connectivity index (χ1) is 9.99. The minimum absolute atomic E-state index is 0.0190. The molecule has 1 saturated heterocycles. The van der Waals surface area contributed by atoms with E-state index in [1.807, 2.05) is 11.9 Å². The molecule has 1 aliphatic rings. The van der Waals surface area contributed by atoms with E-state index in [0.717, 1.165) is 37.6 Å². The molecule has 0 unspecified atom stereocenters. The number of carbonyl (C=O) groups is 1.